The van der Waals surface area contributed by atoms with Gasteiger partial charge in [-0.1, -0.05) is 34.1 Å². The molecule has 1 fully saturated rings. The molecule has 14 heavy (non-hydrogen) atoms. The number of hydrogen-bond donors (Lipinski definition) is 0. The molecule has 1 saturated carbocycles. The molecule has 0 saturated heterocycles. The Morgan fingerprint density at radius 2 is 1.93 bits per heavy atom. The van der Waals surface area contributed by atoms with Gasteiger partial charge in [-0.05, 0) is 37.8 Å². The Bertz CT molecular complexity index is 280. The lowest BCUT2D eigenvalue weighted by atomic mass is 10.2. The van der Waals surface area contributed by atoms with E-state index in [9.17, 15) is 0 Å². The van der Waals surface area contributed by atoms with Crippen LogP contribution < -0.4 is 0 Å². The first-order chi connectivity index (χ1) is 6.85. The molecule has 0 amide bonds. The van der Waals surface area contributed by atoms with Gasteiger partial charge in [-0.2, -0.15) is 0 Å². The Balaban J connectivity index is 1.91. The SMILES string of the molecule is BrCCCC1(Sc2ccccc2)CC1. The van der Waals surface area contributed by atoms with E-state index in [2.05, 4.69) is 58.0 Å². The third kappa shape index (κ3) is 2.77. The highest BCUT2D eigenvalue weighted by molar-refractivity contribution is 9.09. The molecule has 0 nitrogen and oxygen atoms in total. The van der Waals surface area contributed by atoms with E-state index < -0.39 is 0 Å². The minimum absolute atomic E-state index is 0.592. The molecule has 0 aromatic heterocycles. The van der Waals surface area contributed by atoms with Crippen LogP contribution >= 0.6 is 27.7 Å². The van der Waals surface area contributed by atoms with Crippen molar-refractivity contribution in [1.29, 1.82) is 0 Å². The second-order valence-corrected chi connectivity index (χ2v) is 6.23. The number of alkyl halides is 1. The molecule has 1 aromatic carbocycles. The van der Waals surface area contributed by atoms with Gasteiger partial charge in [0, 0.05) is 15.0 Å². The lowest BCUT2D eigenvalue weighted by Crippen LogP contribution is -2.02. The third-order valence-corrected chi connectivity index (χ3v) is 4.77. The molecule has 0 unspecified atom stereocenters. The zero-order valence-corrected chi connectivity index (χ0v) is 10.6. The summed E-state index contributed by atoms with van der Waals surface area (Å²) < 4.78 is 0.592. The summed E-state index contributed by atoms with van der Waals surface area (Å²) >= 11 is 5.58. The Morgan fingerprint density at radius 3 is 2.50 bits per heavy atom. The monoisotopic (exact) mass is 270 g/mol. The highest BCUT2D eigenvalue weighted by atomic mass is 79.9. The van der Waals surface area contributed by atoms with Gasteiger partial charge in [0.1, 0.15) is 0 Å². The van der Waals surface area contributed by atoms with Crippen molar-refractivity contribution in [2.45, 2.75) is 35.3 Å². The van der Waals surface area contributed by atoms with Crippen LogP contribution in [0.15, 0.2) is 35.2 Å². The average molecular weight is 271 g/mol. The predicted octanol–water partition coefficient (Wildman–Crippen LogP) is 4.49. The summed E-state index contributed by atoms with van der Waals surface area (Å²) in [5, 5.41) is 1.14. The van der Waals surface area contributed by atoms with Gasteiger partial charge in [0.05, 0.1) is 0 Å². The largest absolute Gasteiger partial charge is 0.119 e. The van der Waals surface area contributed by atoms with E-state index in [0.29, 0.717) is 4.75 Å². The molecule has 1 aliphatic carbocycles. The van der Waals surface area contributed by atoms with Gasteiger partial charge in [-0.25, -0.2) is 0 Å². The van der Waals surface area contributed by atoms with Crippen LogP contribution in [0.1, 0.15) is 25.7 Å². The lowest BCUT2D eigenvalue weighted by Gasteiger charge is -2.13. The highest BCUT2D eigenvalue weighted by Crippen LogP contribution is 2.54. The van der Waals surface area contributed by atoms with Gasteiger partial charge in [0.2, 0.25) is 0 Å². The molecule has 0 N–H and O–H groups in total. The van der Waals surface area contributed by atoms with Crippen molar-refractivity contribution in [1.82, 2.24) is 0 Å². The predicted molar refractivity (Wildman–Crippen MR) is 67.3 cm³/mol. The molecule has 0 atom stereocenters. The summed E-state index contributed by atoms with van der Waals surface area (Å²) in [6.07, 6.45) is 5.47. The molecule has 0 aliphatic heterocycles. The molecule has 1 aromatic rings. The van der Waals surface area contributed by atoms with Gasteiger partial charge in [-0.15, -0.1) is 11.8 Å². The van der Waals surface area contributed by atoms with Crippen LogP contribution in [0.4, 0.5) is 0 Å². The number of benzene rings is 1. The topological polar surface area (TPSA) is 0 Å². The molecule has 2 rings (SSSR count). The van der Waals surface area contributed by atoms with Gasteiger partial charge in [-0.3, -0.25) is 0 Å². The lowest BCUT2D eigenvalue weighted by molar-refractivity contribution is 0.757. The van der Waals surface area contributed by atoms with Crippen LogP contribution in [0.5, 0.6) is 0 Å². The summed E-state index contributed by atoms with van der Waals surface area (Å²) in [5.74, 6) is 0. The number of hydrogen-bond acceptors (Lipinski definition) is 1. The maximum absolute atomic E-state index is 3.51. The first-order valence-corrected chi connectivity index (χ1v) is 7.08. The van der Waals surface area contributed by atoms with Crippen molar-refractivity contribution < 1.29 is 0 Å². The fraction of sp³-hybridized carbons (Fsp3) is 0.500. The van der Waals surface area contributed by atoms with Crippen LogP contribution in [0.2, 0.25) is 0 Å². The standard InChI is InChI=1S/C12H15BrS/c13-10-4-7-12(8-9-12)14-11-5-2-1-3-6-11/h1-3,5-6H,4,7-10H2. The number of thioether (sulfide) groups is 1. The van der Waals surface area contributed by atoms with E-state index in [1.165, 1.54) is 30.6 Å². The van der Waals surface area contributed by atoms with Crippen molar-refractivity contribution in [3.05, 3.63) is 30.3 Å². The fourth-order valence-corrected chi connectivity index (χ4v) is 3.30. The van der Waals surface area contributed by atoms with E-state index >= 15 is 0 Å². The normalized spacial score (nSPS) is 18.1. The van der Waals surface area contributed by atoms with Crippen LogP contribution in [-0.4, -0.2) is 10.1 Å². The van der Waals surface area contributed by atoms with E-state index in [0.717, 1.165) is 5.33 Å². The van der Waals surface area contributed by atoms with Gasteiger partial charge in [0.15, 0.2) is 0 Å². The average Bonchev–Trinajstić information content (AvgIpc) is 2.97. The highest BCUT2D eigenvalue weighted by Gasteiger charge is 2.42. The van der Waals surface area contributed by atoms with Crippen molar-refractivity contribution >= 4 is 27.7 Å². The zero-order chi connectivity index (χ0) is 9.86. The van der Waals surface area contributed by atoms with Crippen LogP contribution in [0.25, 0.3) is 0 Å². The summed E-state index contributed by atoms with van der Waals surface area (Å²) in [6, 6.07) is 10.8. The molecule has 1 aliphatic rings. The first kappa shape index (κ1) is 10.6. The number of halogens is 1. The van der Waals surface area contributed by atoms with Gasteiger partial charge >= 0.3 is 0 Å². The van der Waals surface area contributed by atoms with E-state index in [4.69, 9.17) is 0 Å². The van der Waals surface area contributed by atoms with Crippen LogP contribution in [0.3, 0.4) is 0 Å². The fourth-order valence-electron chi connectivity index (χ4n) is 1.67. The molecule has 0 radical (unpaired) electrons. The summed E-state index contributed by atoms with van der Waals surface area (Å²) in [4.78, 5) is 1.43. The Morgan fingerprint density at radius 1 is 1.21 bits per heavy atom. The van der Waals surface area contributed by atoms with Crippen molar-refractivity contribution in [2.24, 2.45) is 0 Å². The maximum Gasteiger partial charge on any atom is 0.0208 e. The van der Waals surface area contributed by atoms with E-state index in [1.807, 2.05) is 0 Å². The summed E-state index contributed by atoms with van der Waals surface area (Å²) in [5.41, 5.74) is 0. The molecule has 0 bridgehead atoms. The zero-order valence-electron chi connectivity index (χ0n) is 8.21. The van der Waals surface area contributed by atoms with E-state index in [-0.39, 0.29) is 0 Å². The van der Waals surface area contributed by atoms with Crippen molar-refractivity contribution in [3.8, 4) is 0 Å². The molecule has 76 valence electrons. The minimum Gasteiger partial charge on any atom is -0.119 e. The van der Waals surface area contributed by atoms with Gasteiger partial charge < -0.3 is 0 Å². The Hall–Kier alpha value is 0.0500. The molecule has 0 spiro atoms. The minimum atomic E-state index is 0.592. The summed E-state index contributed by atoms with van der Waals surface area (Å²) in [7, 11) is 0. The van der Waals surface area contributed by atoms with Crippen molar-refractivity contribution in [3.63, 3.8) is 0 Å². The van der Waals surface area contributed by atoms with E-state index in [1.54, 1.807) is 0 Å². The van der Waals surface area contributed by atoms with Crippen LogP contribution in [0, 0.1) is 0 Å². The van der Waals surface area contributed by atoms with Gasteiger partial charge in [0.25, 0.3) is 0 Å². The quantitative estimate of drug-likeness (QED) is 0.711. The van der Waals surface area contributed by atoms with Crippen molar-refractivity contribution in [2.75, 3.05) is 5.33 Å². The second kappa shape index (κ2) is 4.71. The Labute approximate surface area is 98.6 Å². The molecular formula is C12H15BrS. The third-order valence-electron chi connectivity index (χ3n) is 2.65. The van der Waals surface area contributed by atoms with Crippen LogP contribution in [-0.2, 0) is 0 Å². The smallest absolute Gasteiger partial charge is 0.0208 e. The maximum atomic E-state index is 3.51. The Kier molecular flexibility index (Phi) is 3.56. The summed E-state index contributed by atoms with van der Waals surface area (Å²) in [6.45, 7) is 0. The molecule has 2 heteroatoms. The second-order valence-electron chi connectivity index (χ2n) is 3.89. The molecular weight excluding hydrogens is 256 g/mol. The molecule has 0 heterocycles. The number of rotatable bonds is 5. The first-order valence-electron chi connectivity index (χ1n) is 5.15.